The second-order valence-corrected chi connectivity index (χ2v) is 19.4. The Hall–Kier alpha value is -8.72. The Balaban J connectivity index is 0.971. The maximum atomic E-state index is 2.48. The maximum absolute atomic E-state index is 2.48. The number of benzene rings is 11. The molecule has 11 aromatic carbocycles. The zero-order chi connectivity index (χ0) is 47.8. The number of nitrogens with zero attached hydrogens (tertiary/aromatic N) is 2. The molecule has 1 saturated carbocycles. The third kappa shape index (κ3) is 7.96. The van der Waals surface area contributed by atoms with Gasteiger partial charge >= 0.3 is 0 Å². The number of hydrogen-bond acceptors (Lipinski definition) is 1. The molecule has 0 atom stereocenters. The van der Waals surface area contributed by atoms with Crippen molar-refractivity contribution in [3.8, 4) is 61.3 Å². The average molecular weight is 923 g/mol. The molecule has 1 aliphatic rings. The van der Waals surface area contributed by atoms with Gasteiger partial charge in [0.1, 0.15) is 0 Å². The van der Waals surface area contributed by atoms with Crippen LogP contribution in [0.5, 0.6) is 0 Å². The molecule has 2 heteroatoms. The normalized spacial score (nSPS) is 12.9. The van der Waals surface area contributed by atoms with Gasteiger partial charge in [0.05, 0.1) is 16.7 Å². The molecule has 12 aromatic rings. The first-order valence-electron chi connectivity index (χ1n) is 25.7. The lowest BCUT2D eigenvalue weighted by molar-refractivity contribution is 0.445. The van der Waals surface area contributed by atoms with E-state index in [4.69, 9.17) is 0 Å². The number of fused-ring (bicyclic) bond motifs is 4. The lowest BCUT2D eigenvalue weighted by Gasteiger charge is -2.29. The van der Waals surface area contributed by atoms with E-state index >= 15 is 0 Å². The van der Waals surface area contributed by atoms with Crippen LogP contribution in [0.1, 0.15) is 43.6 Å². The fourth-order valence-electron chi connectivity index (χ4n) is 11.8. The molecule has 1 aromatic heterocycles. The second-order valence-electron chi connectivity index (χ2n) is 19.4. The molecule has 0 amide bonds. The topological polar surface area (TPSA) is 8.17 Å². The molecule has 1 heterocycles. The first-order valence-corrected chi connectivity index (χ1v) is 25.7. The number of anilines is 3. The van der Waals surface area contributed by atoms with E-state index in [1.807, 2.05) is 0 Å². The van der Waals surface area contributed by atoms with Crippen molar-refractivity contribution in [2.24, 2.45) is 0 Å². The van der Waals surface area contributed by atoms with Crippen LogP contribution in [0.3, 0.4) is 0 Å². The lowest BCUT2D eigenvalue weighted by atomic mass is 9.80. The number of hydrogen-bond donors (Lipinski definition) is 0. The number of aromatic nitrogens is 1. The van der Waals surface area contributed by atoms with Crippen LogP contribution >= 0.6 is 0 Å². The molecule has 0 aliphatic heterocycles. The molecule has 1 fully saturated rings. The highest BCUT2D eigenvalue weighted by Crippen LogP contribution is 2.47. The molecule has 0 spiro atoms. The van der Waals surface area contributed by atoms with E-state index in [9.17, 15) is 0 Å². The minimum absolute atomic E-state index is 0.568. The van der Waals surface area contributed by atoms with E-state index in [-0.39, 0.29) is 0 Å². The summed E-state index contributed by atoms with van der Waals surface area (Å²) in [6.07, 6.45) is 6.43. The fraction of sp³-hybridized carbons (Fsp3) is 0.0857. The molecule has 0 bridgehead atoms. The van der Waals surface area contributed by atoms with E-state index in [0.29, 0.717) is 5.92 Å². The van der Waals surface area contributed by atoms with Gasteiger partial charge in [0.15, 0.2) is 0 Å². The summed E-state index contributed by atoms with van der Waals surface area (Å²) in [5.74, 6) is 0.568. The molecule has 0 N–H and O–H groups in total. The minimum Gasteiger partial charge on any atom is -0.310 e. The third-order valence-corrected chi connectivity index (χ3v) is 15.2. The summed E-state index contributed by atoms with van der Waals surface area (Å²) >= 11 is 0. The Morgan fingerprint density at radius 3 is 1.71 bits per heavy atom. The van der Waals surface area contributed by atoms with Gasteiger partial charge in [0.25, 0.3) is 0 Å². The van der Waals surface area contributed by atoms with Gasteiger partial charge in [-0.1, -0.05) is 219 Å². The van der Waals surface area contributed by atoms with E-state index < -0.39 is 0 Å². The predicted octanol–water partition coefficient (Wildman–Crippen LogP) is 19.8. The largest absolute Gasteiger partial charge is 0.310 e. The molecule has 0 radical (unpaired) electrons. The van der Waals surface area contributed by atoms with Crippen LogP contribution < -0.4 is 4.90 Å². The summed E-state index contributed by atoms with van der Waals surface area (Å²) in [5.41, 5.74) is 20.5. The Labute approximate surface area is 422 Å². The van der Waals surface area contributed by atoms with Gasteiger partial charge in [-0.3, -0.25) is 0 Å². The van der Waals surface area contributed by atoms with E-state index in [1.165, 1.54) is 120 Å². The summed E-state index contributed by atoms with van der Waals surface area (Å²) in [7, 11) is 0. The molecule has 13 rings (SSSR count). The highest BCUT2D eigenvalue weighted by molar-refractivity contribution is 6.10. The molecule has 2 nitrogen and oxygen atoms in total. The van der Waals surface area contributed by atoms with Crippen LogP contribution in [0, 0.1) is 0 Å². The highest BCUT2D eigenvalue weighted by Gasteiger charge is 2.24. The van der Waals surface area contributed by atoms with Crippen molar-refractivity contribution >= 4 is 49.6 Å². The van der Waals surface area contributed by atoms with Gasteiger partial charge in [-0.25, -0.2) is 0 Å². The molecular formula is C70H54N2. The SMILES string of the molecule is c1ccc(-c2ccc(-c3ccc(N(c4cccc(-c5ccc6c7ccccc7n(-c7ccccc7)c6c5)c4)c4ccccc4-c4cccc5cccc(C6CCCCC6)c45)cc3)cc2-c2ccccc2)cc1. The van der Waals surface area contributed by atoms with Crippen molar-refractivity contribution in [2.75, 3.05) is 4.90 Å². The van der Waals surface area contributed by atoms with Crippen molar-refractivity contribution < 1.29 is 0 Å². The zero-order valence-electron chi connectivity index (χ0n) is 40.3. The molecule has 1 aliphatic carbocycles. The van der Waals surface area contributed by atoms with E-state index in [0.717, 1.165) is 28.3 Å². The fourth-order valence-corrected chi connectivity index (χ4v) is 11.8. The molecular weight excluding hydrogens is 869 g/mol. The molecule has 0 saturated heterocycles. The first-order chi connectivity index (χ1) is 35.7. The summed E-state index contributed by atoms with van der Waals surface area (Å²) in [6, 6.07) is 96.3. The Morgan fingerprint density at radius 1 is 0.333 bits per heavy atom. The van der Waals surface area contributed by atoms with Crippen molar-refractivity contribution in [1.82, 2.24) is 4.57 Å². The van der Waals surface area contributed by atoms with Gasteiger partial charge in [0.2, 0.25) is 0 Å². The van der Waals surface area contributed by atoms with Crippen LogP contribution in [0.4, 0.5) is 17.1 Å². The maximum Gasteiger partial charge on any atom is 0.0547 e. The van der Waals surface area contributed by atoms with Crippen LogP contribution in [0.15, 0.2) is 261 Å². The van der Waals surface area contributed by atoms with Gasteiger partial charge in [-0.2, -0.15) is 0 Å². The van der Waals surface area contributed by atoms with Gasteiger partial charge in [-0.15, -0.1) is 0 Å². The van der Waals surface area contributed by atoms with Crippen molar-refractivity contribution in [3.63, 3.8) is 0 Å². The van der Waals surface area contributed by atoms with Crippen LogP contribution in [-0.4, -0.2) is 4.57 Å². The Kier molecular flexibility index (Phi) is 11.4. The van der Waals surface area contributed by atoms with Crippen molar-refractivity contribution in [2.45, 2.75) is 38.0 Å². The minimum atomic E-state index is 0.568. The Morgan fingerprint density at radius 2 is 0.917 bits per heavy atom. The number of para-hydroxylation sites is 3. The lowest BCUT2D eigenvalue weighted by Crippen LogP contribution is -2.11. The summed E-state index contributed by atoms with van der Waals surface area (Å²) < 4.78 is 2.41. The molecule has 0 unspecified atom stereocenters. The molecule has 344 valence electrons. The standard InChI is InChI=1S/C70H54N2/c1-5-20-50(21-6-1)60-44-40-55(47-66(60)52-24-9-3-10-25-52)49-38-42-58(43-39-49)71(67-36-15-14-33-63(67)65-35-19-27-53-26-18-34-61(70(53)65)51-22-7-2-8-23-51)59-31-17-28-54(46-59)56-41-45-64-62-32-13-16-37-68(62)72(69(64)48-56)57-29-11-4-12-30-57/h1,3-6,9-21,24-48,51H,2,7-8,22-23H2. The summed E-state index contributed by atoms with van der Waals surface area (Å²) in [4.78, 5) is 2.48. The molecule has 72 heavy (non-hydrogen) atoms. The zero-order valence-corrected chi connectivity index (χ0v) is 40.3. The van der Waals surface area contributed by atoms with E-state index in [2.05, 4.69) is 270 Å². The van der Waals surface area contributed by atoms with E-state index in [1.54, 1.807) is 0 Å². The monoisotopic (exact) mass is 922 g/mol. The van der Waals surface area contributed by atoms with Gasteiger partial charge in [-0.05, 0) is 146 Å². The van der Waals surface area contributed by atoms with Crippen LogP contribution in [0.2, 0.25) is 0 Å². The van der Waals surface area contributed by atoms with Crippen molar-refractivity contribution in [1.29, 1.82) is 0 Å². The average Bonchev–Trinajstić information content (AvgIpc) is 3.80. The smallest absolute Gasteiger partial charge is 0.0547 e. The highest BCUT2D eigenvalue weighted by atomic mass is 15.1. The third-order valence-electron chi connectivity index (χ3n) is 15.2. The summed E-state index contributed by atoms with van der Waals surface area (Å²) in [6.45, 7) is 0. The predicted molar refractivity (Wildman–Crippen MR) is 306 cm³/mol. The summed E-state index contributed by atoms with van der Waals surface area (Å²) in [5, 5.41) is 5.20. The number of rotatable bonds is 10. The van der Waals surface area contributed by atoms with Gasteiger partial charge in [0, 0.05) is 33.4 Å². The first kappa shape index (κ1) is 43.3. The van der Waals surface area contributed by atoms with Crippen LogP contribution in [0.25, 0.3) is 93.9 Å². The van der Waals surface area contributed by atoms with Crippen LogP contribution in [-0.2, 0) is 0 Å². The quantitative estimate of drug-likeness (QED) is 0.133. The Bertz CT molecular complexity index is 3880. The van der Waals surface area contributed by atoms with Gasteiger partial charge < -0.3 is 9.47 Å². The van der Waals surface area contributed by atoms with Crippen molar-refractivity contribution in [3.05, 3.63) is 266 Å². The second kappa shape index (κ2) is 18.9.